The lowest BCUT2D eigenvalue weighted by Crippen LogP contribution is -2.30. The van der Waals surface area contributed by atoms with Gasteiger partial charge in [0.15, 0.2) is 11.0 Å². The van der Waals surface area contributed by atoms with Crippen LogP contribution in [0.2, 0.25) is 0 Å². The summed E-state index contributed by atoms with van der Waals surface area (Å²) in [4.78, 5) is 23.7. The van der Waals surface area contributed by atoms with Gasteiger partial charge in [0.1, 0.15) is 0 Å². The fraction of sp³-hybridized carbons (Fsp3) is 0.273. The highest BCUT2D eigenvalue weighted by molar-refractivity contribution is 8.14. The molecule has 0 unspecified atom stereocenters. The average Bonchev–Trinajstić information content (AvgIpc) is 2.75. The number of thioether (sulfide) groups is 1. The van der Waals surface area contributed by atoms with E-state index in [-0.39, 0.29) is 18.0 Å². The number of nitro benzene ring substituents is 1. The van der Waals surface area contributed by atoms with E-state index in [1.165, 1.54) is 30.0 Å². The zero-order chi connectivity index (χ0) is 13.1. The van der Waals surface area contributed by atoms with Gasteiger partial charge in [-0.2, -0.15) is 0 Å². The third kappa shape index (κ3) is 2.67. The Labute approximate surface area is 108 Å². The molecule has 2 rings (SSSR count). The van der Waals surface area contributed by atoms with Gasteiger partial charge in [0, 0.05) is 30.0 Å². The predicted molar refractivity (Wildman–Crippen MR) is 69.2 cm³/mol. The number of benzene rings is 1. The molecule has 0 saturated carbocycles. The molecule has 0 aliphatic carbocycles. The van der Waals surface area contributed by atoms with Gasteiger partial charge in [0.05, 0.1) is 11.5 Å². The number of hydrogen-bond acceptors (Lipinski definition) is 5. The molecule has 1 aromatic carbocycles. The molecule has 18 heavy (non-hydrogen) atoms. The summed E-state index contributed by atoms with van der Waals surface area (Å²) in [6, 6.07) is 5.68. The average molecular weight is 265 g/mol. The third-order valence-corrected chi connectivity index (χ3v) is 3.52. The number of Topliss-reactive ketones (excluding diaryl/α,β-unsaturated/α-hetero) is 1. The van der Waals surface area contributed by atoms with Crippen LogP contribution in [0, 0.1) is 15.5 Å². The topological polar surface area (TPSA) is 87.3 Å². The second kappa shape index (κ2) is 5.18. The summed E-state index contributed by atoms with van der Waals surface area (Å²) in [6.45, 7) is 0.775. The molecule has 1 heterocycles. The summed E-state index contributed by atoms with van der Waals surface area (Å²) >= 11 is 1.40. The number of carbonyl (C=O) groups is 1. The van der Waals surface area contributed by atoms with Crippen molar-refractivity contribution in [1.29, 1.82) is 5.41 Å². The van der Waals surface area contributed by atoms with Gasteiger partial charge in [-0.25, -0.2) is 0 Å². The highest BCUT2D eigenvalue weighted by Gasteiger charge is 2.21. The van der Waals surface area contributed by atoms with Crippen molar-refractivity contribution < 1.29 is 9.72 Å². The van der Waals surface area contributed by atoms with Crippen LogP contribution < -0.4 is 0 Å². The molecule has 6 nitrogen and oxygen atoms in total. The Morgan fingerprint density at radius 2 is 2.33 bits per heavy atom. The van der Waals surface area contributed by atoms with Crippen LogP contribution in [0.25, 0.3) is 0 Å². The van der Waals surface area contributed by atoms with Crippen molar-refractivity contribution in [2.24, 2.45) is 0 Å². The molecule has 1 aliphatic rings. The van der Waals surface area contributed by atoms with Gasteiger partial charge in [-0.3, -0.25) is 20.3 Å². The Hall–Kier alpha value is -1.89. The van der Waals surface area contributed by atoms with Crippen LogP contribution in [0.15, 0.2) is 24.3 Å². The van der Waals surface area contributed by atoms with Crippen molar-refractivity contribution in [2.45, 2.75) is 0 Å². The first kappa shape index (κ1) is 12.6. The molecule has 1 N–H and O–H groups in total. The maximum absolute atomic E-state index is 12.0. The smallest absolute Gasteiger partial charge is 0.270 e. The number of amidine groups is 1. The highest BCUT2D eigenvalue weighted by atomic mass is 32.2. The molecule has 0 aromatic heterocycles. The van der Waals surface area contributed by atoms with E-state index in [2.05, 4.69) is 0 Å². The largest absolute Gasteiger partial charge is 0.343 e. The van der Waals surface area contributed by atoms with Gasteiger partial charge in [0.25, 0.3) is 5.69 Å². The predicted octanol–water partition coefficient (Wildman–Crippen LogP) is 1.76. The molecule has 1 aromatic rings. The van der Waals surface area contributed by atoms with E-state index in [9.17, 15) is 14.9 Å². The van der Waals surface area contributed by atoms with Gasteiger partial charge in [0.2, 0.25) is 0 Å². The van der Waals surface area contributed by atoms with Crippen LogP contribution in [0.3, 0.4) is 0 Å². The molecule has 1 saturated heterocycles. The maximum atomic E-state index is 12.0. The third-order valence-electron chi connectivity index (χ3n) is 2.60. The number of rotatable bonds is 4. The summed E-state index contributed by atoms with van der Waals surface area (Å²) in [5.41, 5.74) is 0.223. The fourth-order valence-corrected chi connectivity index (χ4v) is 2.50. The van der Waals surface area contributed by atoms with E-state index in [1.807, 2.05) is 0 Å². The first-order valence-electron chi connectivity index (χ1n) is 5.32. The van der Waals surface area contributed by atoms with Crippen LogP contribution in [0.4, 0.5) is 5.69 Å². The van der Waals surface area contributed by atoms with Crippen molar-refractivity contribution >= 4 is 28.4 Å². The van der Waals surface area contributed by atoms with Crippen LogP contribution in [-0.2, 0) is 0 Å². The number of nitrogens with zero attached hydrogens (tertiary/aromatic N) is 2. The Balaban J connectivity index is 2.11. The van der Waals surface area contributed by atoms with Gasteiger partial charge in [-0.15, -0.1) is 0 Å². The first-order chi connectivity index (χ1) is 8.58. The van der Waals surface area contributed by atoms with Crippen molar-refractivity contribution in [3.05, 3.63) is 39.9 Å². The molecule has 1 aliphatic heterocycles. The van der Waals surface area contributed by atoms with Crippen LogP contribution in [0.5, 0.6) is 0 Å². The molecule has 0 atom stereocenters. The fourth-order valence-electron chi connectivity index (χ4n) is 1.65. The molecule has 0 spiro atoms. The van der Waals surface area contributed by atoms with E-state index in [4.69, 9.17) is 5.41 Å². The normalized spacial score (nSPS) is 14.9. The number of carbonyl (C=O) groups excluding carboxylic acids is 1. The quantitative estimate of drug-likeness (QED) is 0.509. The standard InChI is InChI=1S/C11H11N3O3S/c12-11-13(4-5-18-11)7-10(15)8-2-1-3-9(6-8)14(16)17/h1-3,6,12H,4-5,7H2. The molecule has 7 heteroatoms. The SMILES string of the molecule is N=C1SCCN1CC(=O)c1cccc([N+](=O)[O-])c1. The summed E-state index contributed by atoms with van der Waals surface area (Å²) in [7, 11) is 0. The molecule has 0 bridgehead atoms. The Morgan fingerprint density at radius 3 is 2.94 bits per heavy atom. The first-order valence-corrected chi connectivity index (χ1v) is 6.30. The summed E-state index contributed by atoms with van der Waals surface area (Å²) in [5.74, 6) is 0.604. The van der Waals surface area contributed by atoms with Crippen LogP contribution >= 0.6 is 11.8 Å². The van der Waals surface area contributed by atoms with Crippen molar-refractivity contribution in [3.63, 3.8) is 0 Å². The molecule has 0 radical (unpaired) electrons. The van der Waals surface area contributed by atoms with Gasteiger partial charge in [-0.05, 0) is 0 Å². The lowest BCUT2D eigenvalue weighted by atomic mass is 10.1. The number of hydrogen-bond donors (Lipinski definition) is 1. The number of non-ortho nitro benzene ring substituents is 1. The number of nitro groups is 1. The van der Waals surface area contributed by atoms with E-state index >= 15 is 0 Å². The van der Waals surface area contributed by atoms with Crippen LogP contribution in [-0.4, -0.2) is 39.6 Å². The zero-order valence-corrected chi connectivity index (χ0v) is 10.3. The van der Waals surface area contributed by atoms with E-state index in [1.54, 1.807) is 11.0 Å². The number of nitrogens with one attached hydrogen (secondary N) is 1. The van der Waals surface area contributed by atoms with Crippen molar-refractivity contribution in [2.75, 3.05) is 18.8 Å². The highest BCUT2D eigenvalue weighted by Crippen LogP contribution is 2.18. The second-order valence-electron chi connectivity index (χ2n) is 3.81. The second-order valence-corrected chi connectivity index (χ2v) is 4.89. The maximum Gasteiger partial charge on any atom is 0.270 e. The minimum absolute atomic E-state index is 0.0910. The zero-order valence-electron chi connectivity index (χ0n) is 9.46. The molecule has 1 fully saturated rings. The Bertz CT molecular complexity index is 518. The number of ketones is 1. The molecule has 94 valence electrons. The van der Waals surface area contributed by atoms with Crippen molar-refractivity contribution in [1.82, 2.24) is 4.90 Å². The van der Waals surface area contributed by atoms with E-state index in [0.29, 0.717) is 17.3 Å². The van der Waals surface area contributed by atoms with Crippen LogP contribution in [0.1, 0.15) is 10.4 Å². The Morgan fingerprint density at radius 1 is 1.56 bits per heavy atom. The van der Waals surface area contributed by atoms with Gasteiger partial charge in [-0.1, -0.05) is 23.9 Å². The summed E-state index contributed by atoms with van der Waals surface area (Å²) < 4.78 is 0. The van der Waals surface area contributed by atoms with E-state index < -0.39 is 4.92 Å². The van der Waals surface area contributed by atoms with Gasteiger partial charge < -0.3 is 4.90 Å². The monoisotopic (exact) mass is 265 g/mol. The minimum atomic E-state index is -0.523. The summed E-state index contributed by atoms with van der Waals surface area (Å²) in [5, 5.41) is 18.6. The minimum Gasteiger partial charge on any atom is -0.343 e. The lowest BCUT2D eigenvalue weighted by Gasteiger charge is -2.15. The van der Waals surface area contributed by atoms with Crippen molar-refractivity contribution in [3.8, 4) is 0 Å². The molecular formula is C11H11N3O3S. The lowest BCUT2D eigenvalue weighted by molar-refractivity contribution is -0.384. The Kier molecular flexibility index (Phi) is 3.61. The van der Waals surface area contributed by atoms with Gasteiger partial charge >= 0.3 is 0 Å². The molecule has 0 amide bonds. The van der Waals surface area contributed by atoms with E-state index in [0.717, 1.165) is 5.75 Å². The summed E-state index contributed by atoms with van der Waals surface area (Å²) in [6.07, 6.45) is 0. The molecular weight excluding hydrogens is 254 g/mol.